The normalized spacial score (nSPS) is 24.7. The van der Waals surface area contributed by atoms with Crippen LogP contribution in [0.5, 0.6) is 0 Å². The number of thiophene rings is 1. The van der Waals surface area contributed by atoms with Crippen molar-refractivity contribution < 1.29 is 9.84 Å². The molecule has 146 valence electrons. The second kappa shape index (κ2) is 9.17. The minimum atomic E-state index is -0.588. The Labute approximate surface area is 160 Å². The SMILES string of the molecule is CCNC(=NCC1(O)CCC1)NCC(c1cccs1)N1CCOC(C)C1. The van der Waals surface area contributed by atoms with Crippen LogP contribution in [0.15, 0.2) is 22.5 Å². The van der Waals surface area contributed by atoms with Crippen LogP contribution in [0.1, 0.15) is 44.0 Å². The van der Waals surface area contributed by atoms with Gasteiger partial charge >= 0.3 is 0 Å². The lowest BCUT2D eigenvalue weighted by Gasteiger charge is -2.37. The lowest BCUT2D eigenvalue weighted by molar-refractivity contribution is -0.0334. The maximum Gasteiger partial charge on any atom is 0.191 e. The Kier molecular flexibility index (Phi) is 6.92. The van der Waals surface area contributed by atoms with Crippen LogP contribution in [-0.2, 0) is 4.74 Å². The predicted molar refractivity (Wildman–Crippen MR) is 107 cm³/mol. The summed E-state index contributed by atoms with van der Waals surface area (Å²) in [6.45, 7) is 8.94. The van der Waals surface area contributed by atoms with E-state index < -0.39 is 5.60 Å². The van der Waals surface area contributed by atoms with Crippen LogP contribution in [0.3, 0.4) is 0 Å². The molecule has 1 aromatic heterocycles. The van der Waals surface area contributed by atoms with Crippen molar-refractivity contribution in [2.45, 2.75) is 50.9 Å². The standard InChI is InChI=1S/C19H32N4O2S/c1-3-20-18(22-14-19(24)7-5-8-19)21-12-16(17-6-4-11-26-17)23-9-10-25-15(2)13-23/h4,6,11,15-16,24H,3,5,7-10,12-14H2,1-2H3,(H2,20,21,22). The molecule has 7 heteroatoms. The first kappa shape index (κ1) is 19.6. The summed E-state index contributed by atoms with van der Waals surface area (Å²) >= 11 is 1.80. The molecule has 1 saturated heterocycles. The average molecular weight is 381 g/mol. The van der Waals surface area contributed by atoms with E-state index in [1.807, 2.05) is 0 Å². The zero-order chi connectivity index (χ0) is 18.4. The van der Waals surface area contributed by atoms with E-state index in [1.165, 1.54) is 4.88 Å². The number of aliphatic imine (C=N–C) groups is 1. The fraction of sp³-hybridized carbons (Fsp3) is 0.737. The van der Waals surface area contributed by atoms with Gasteiger partial charge in [-0.05, 0) is 44.6 Å². The van der Waals surface area contributed by atoms with Crippen LogP contribution < -0.4 is 10.6 Å². The molecule has 2 fully saturated rings. The molecule has 2 atom stereocenters. The number of nitrogens with zero attached hydrogens (tertiary/aromatic N) is 2. The molecule has 0 aromatic carbocycles. The van der Waals surface area contributed by atoms with Crippen LogP contribution in [0.25, 0.3) is 0 Å². The van der Waals surface area contributed by atoms with Gasteiger partial charge in [0, 0.05) is 31.1 Å². The smallest absolute Gasteiger partial charge is 0.191 e. The minimum Gasteiger partial charge on any atom is -0.388 e. The fourth-order valence-electron chi connectivity index (χ4n) is 3.52. The zero-order valence-electron chi connectivity index (χ0n) is 15.9. The molecule has 26 heavy (non-hydrogen) atoms. The monoisotopic (exact) mass is 380 g/mol. The van der Waals surface area contributed by atoms with Crippen LogP contribution in [0, 0.1) is 0 Å². The van der Waals surface area contributed by atoms with E-state index in [9.17, 15) is 5.11 Å². The van der Waals surface area contributed by atoms with Crippen LogP contribution in [0.4, 0.5) is 0 Å². The van der Waals surface area contributed by atoms with Crippen molar-refractivity contribution >= 4 is 17.3 Å². The Morgan fingerprint density at radius 1 is 1.50 bits per heavy atom. The van der Waals surface area contributed by atoms with Crippen molar-refractivity contribution in [3.05, 3.63) is 22.4 Å². The topological polar surface area (TPSA) is 69.1 Å². The highest BCUT2D eigenvalue weighted by atomic mass is 32.1. The summed E-state index contributed by atoms with van der Waals surface area (Å²) in [5.74, 6) is 0.788. The van der Waals surface area contributed by atoms with Gasteiger partial charge in [-0.1, -0.05) is 6.07 Å². The van der Waals surface area contributed by atoms with Gasteiger partial charge in [0.25, 0.3) is 0 Å². The number of aliphatic hydroxyl groups is 1. The molecular formula is C19H32N4O2S. The predicted octanol–water partition coefficient (Wildman–Crippen LogP) is 1.98. The van der Waals surface area contributed by atoms with Gasteiger partial charge in [-0.25, -0.2) is 0 Å². The molecule has 0 bridgehead atoms. The average Bonchev–Trinajstić information content (AvgIpc) is 3.12. The van der Waals surface area contributed by atoms with Crippen molar-refractivity contribution in [2.24, 2.45) is 4.99 Å². The third kappa shape index (κ3) is 5.19. The summed E-state index contributed by atoms with van der Waals surface area (Å²) in [5.41, 5.74) is -0.588. The van der Waals surface area contributed by atoms with E-state index in [1.54, 1.807) is 11.3 Å². The summed E-state index contributed by atoms with van der Waals surface area (Å²) < 4.78 is 5.71. The molecular weight excluding hydrogens is 348 g/mol. The van der Waals surface area contributed by atoms with E-state index in [-0.39, 0.29) is 6.10 Å². The molecule has 1 aliphatic carbocycles. The highest BCUT2D eigenvalue weighted by Gasteiger charge is 2.34. The van der Waals surface area contributed by atoms with Crippen LogP contribution in [0.2, 0.25) is 0 Å². The molecule has 0 radical (unpaired) electrons. The van der Waals surface area contributed by atoms with E-state index >= 15 is 0 Å². The second-order valence-corrected chi connectivity index (χ2v) is 8.34. The Balaban J connectivity index is 1.64. The lowest BCUT2D eigenvalue weighted by Crippen LogP contribution is -2.48. The van der Waals surface area contributed by atoms with Crippen LogP contribution >= 0.6 is 11.3 Å². The number of ether oxygens (including phenoxy) is 1. The summed E-state index contributed by atoms with van der Waals surface area (Å²) in [6.07, 6.45) is 3.09. The maximum absolute atomic E-state index is 10.3. The molecule has 1 aromatic rings. The summed E-state index contributed by atoms with van der Waals surface area (Å²) in [4.78, 5) is 8.48. The summed E-state index contributed by atoms with van der Waals surface area (Å²) in [6, 6.07) is 4.62. The first-order valence-corrected chi connectivity index (χ1v) is 10.6. The maximum atomic E-state index is 10.3. The number of morpholine rings is 1. The Bertz CT molecular complexity index is 574. The number of nitrogens with one attached hydrogen (secondary N) is 2. The van der Waals surface area contributed by atoms with E-state index in [0.717, 1.165) is 58.0 Å². The van der Waals surface area contributed by atoms with Crippen molar-refractivity contribution in [1.82, 2.24) is 15.5 Å². The first-order chi connectivity index (χ1) is 12.6. The van der Waals surface area contributed by atoms with E-state index in [2.05, 4.69) is 51.9 Å². The Morgan fingerprint density at radius 3 is 2.96 bits per heavy atom. The van der Waals surface area contributed by atoms with Gasteiger partial charge in [-0.2, -0.15) is 0 Å². The van der Waals surface area contributed by atoms with Gasteiger partial charge in [-0.15, -0.1) is 11.3 Å². The van der Waals surface area contributed by atoms with Crippen molar-refractivity contribution in [3.8, 4) is 0 Å². The molecule has 2 heterocycles. The van der Waals surface area contributed by atoms with Crippen LogP contribution in [-0.4, -0.2) is 67.0 Å². The van der Waals surface area contributed by atoms with E-state index in [4.69, 9.17) is 4.74 Å². The Hall–Kier alpha value is -1.15. The van der Waals surface area contributed by atoms with Gasteiger partial charge in [0.1, 0.15) is 0 Å². The molecule has 1 aliphatic heterocycles. The first-order valence-electron chi connectivity index (χ1n) is 9.73. The lowest BCUT2D eigenvalue weighted by atomic mass is 9.80. The largest absolute Gasteiger partial charge is 0.388 e. The third-order valence-electron chi connectivity index (χ3n) is 5.21. The molecule has 0 amide bonds. The summed E-state index contributed by atoms with van der Waals surface area (Å²) in [5, 5.41) is 19.2. The number of rotatable bonds is 7. The number of hydrogen-bond donors (Lipinski definition) is 3. The Morgan fingerprint density at radius 2 is 2.35 bits per heavy atom. The second-order valence-electron chi connectivity index (χ2n) is 7.36. The molecule has 2 aliphatic rings. The van der Waals surface area contributed by atoms with Gasteiger partial charge < -0.3 is 20.5 Å². The van der Waals surface area contributed by atoms with Crippen molar-refractivity contribution in [1.29, 1.82) is 0 Å². The van der Waals surface area contributed by atoms with Gasteiger partial charge in [0.2, 0.25) is 0 Å². The van der Waals surface area contributed by atoms with Gasteiger partial charge in [-0.3, -0.25) is 9.89 Å². The molecule has 1 saturated carbocycles. The third-order valence-corrected chi connectivity index (χ3v) is 6.18. The number of hydrogen-bond acceptors (Lipinski definition) is 5. The zero-order valence-corrected chi connectivity index (χ0v) is 16.7. The number of guanidine groups is 1. The van der Waals surface area contributed by atoms with Gasteiger partial charge in [0.05, 0.1) is 30.9 Å². The quantitative estimate of drug-likeness (QED) is 0.498. The fourth-order valence-corrected chi connectivity index (χ4v) is 4.38. The van der Waals surface area contributed by atoms with E-state index in [0.29, 0.717) is 12.6 Å². The molecule has 3 N–H and O–H groups in total. The molecule has 3 rings (SSSR count). The van der Waals surface area contributed by atoms with Crippen molar-refractivity contribution in [2.75, 3.05) is 39.3 Å². The van der Waals surface area contributed by atoms with Gasteiger partial charge in [0.15, 0.2) is 5.96 Å². The molecule has 2 unspecified atom stereocenters. The minimum absolute atomic E-state index is 0.265. The van der Waals surface area contributed by atoms with Crippen molar-refractivity contribution in [3.63, 3.8) is 0 Å². The highest BCUT2D eigenvalue weighted by Crippen LogP contribution is 2.31. The molecule has 6 nitrogen and oxygen atoms in total. The molecule has 0 spiro atoms. The highest BCUT2D eigenvalue weighted by molar-refractivity contribution is 7.10. The summed E-state index contributed by atoms with van der Waals surface area (Å²) in [7, 11) is 0.